The number of nitrogens with zero attached hydrogens (tertiary/aromatic N) is 4. The fourth-order valence-electron chi connectivity index (χ4n) is 5.44. The maximum atomic E-state index is 4.58. The molecule has 1 saturated carbocycles. The van der Waals surface area contributed by atoms with Crippen molar-refractivity contribution in [2.75, 3.05) is 59.9 Å². The van der Waals surface area contributed by atoms with Gasteiger partial charge in [-0.05, 0) is 69.9 Å². The van der Waals surface area contributed by atoms with Gasteiger partial charge in [-0.15, -0.1) is 0 Å². The monoisotopic (exact) mass is 377 g/mol. The average molecular weight is 378 g/mol. The predicted molar refractivity (Wildman–Crippen MR) is 115 cm³/mol. The van der Waals surface area contributed by atoms with Gasteiger partial charge in [-0.3, -0.25) is 9.89 Å². The van der Waals surface area contributed by atoms with Crippen molar-refractivity contribution < 1.29 is 0 Å². The van der Waals surface area contributed by atoms with Gasteiger partial charge in [-0.2, -0.15) is 0 Å². The maximum Gasteiger partial charge on any atom is 0.193 e. The average Bonchev–Trinajstić information content (AvgIpc) is 2.69. The van der Waals surface area contributed by atoms with E-state index >= 15 is 0 Å². The van der Waals surface area contributed by atoms with Gasteiger partial charge in [0.05, 0.1) is 0 Å². The standard InChI is InChI=1S/C22H43N5/c1-18(2)20-7-9-21(10-8-20)26-12-14-27(15-13-26)22(23-3)24-16-19-6-5-11-25(4)17-19/h18-21H,5-17H2,1-4H3,(H,23,24). The lowest BCUT2D eigenvalue weighted by Crippen LogP contribution is -2.55. The van der Waals surface area contributed by atoms with Crippen LogP contribution in [0.15, 0.2) is 4.99 Å². The summed E-state index contributed by atoms with van der Waals surface area (Å²) in [5.41, 5.74) is 0. The summed E-state index contributed by atoms with van der Waals surface area (Å²) < 4.78 is 0. The molecule has 3 fully saturated rings. The Morgan fingerprint density at radius 2 is 1.70 bits per heavy atom. The second-order valence-electron chi connectivity index (χ2n) is 9.53. The molecule has 3 rings (SSSR count). The molecule has 2 heterocycles. The van der Waals surface area contributed by atoms with E-state index in [2.05, 4.69) is 45.9 Å². The Balaban J connectivity index is 1.40. The minimum absolute atomic E-state index is 0.762. The first-order valence-electron chi connectivity index (χ1n) is 11.4. The van der Waals surface area contributed by atoms with Crippen LogP contribution < -0.4 is 5.32 Å². The molecule has 0 radical (unpaired) electrons. The van der Waals surface area contributed by atoms with E-state index in [0.717, 1.165) is 49.4 Å². The summed E-state index contributed by atoms with van der Waals surface area (Å²) in [5, 5.41) is 3.67. The molecule has 0 aromatic heterocycles. The molecule has 0 spiro atoms. The number of nitrogens with one attached hydrogen (secondary N) is 1. The van der Waals surface area contributed by atoms with Crippen LogP contribution in [0.4, 0.5) is 0 Å². The van der Waals surface area contributed by atoms with E-state index in [0.29, 0.717) is 0 Å². The Labute approximate surface area is 167 Å². The summed E-state index contributed by atoms with van der Waals surface area (Å²) in [5.74, 6) is 3.70. The van der Waals surface area contributed by atoms with E-state index in [4.69, 9.17) is 0 Å². The van der Waals surface area contributed by atoms with Crippen LogP contribution in [0.25, 0.3) is 0 Å². The fraction of sp³-hybridized carbons (Fsp3) is 0.955. The predicted octanol–water partition coefficient (Wildman–Crippen LogP) is 2.74. The van der Waals surface area contributed by atoms with Crippen LogP contribution in [0.2, 0.25) is 0 Å². The van der Waals surface area contributed by atoms with Gasteiger partial charge in [0.2, 0.25) is 0 Å². The number of aliphatic imine (C=N–C) groups is 1. The lowest BCUT2D eigenvalue weighted by Gasteiger charge is -2.43. The van der Waals surface area contributed by atoms with Gasteiger partial charge >= 0.3 is 0 Å². The van der Waals surface area contributed by atoms with E-state index in [1.807, 2.05) is 7.05 Å². The maximum absolute atomic E-state index is 4.58. The Bertz CT molecular complexity index is 461. The Hall–Kier alpha value is -0.810. The van der Waals surface area contributed by atoms with Crippen molar-refractivity contribution in [1.82, 2.24) is 20.0 Å². The molecule has 156 valence electrons. The van der Waals surface area contributed by atoms with Gasteiger partial charge in [0.15, 0.2) is 5.96 Å². The van der Waals surface area contributed by atoms with Crippen molar-refractivity contribution in [2.45, 2.75) is 58.4 Å². The highest BCUT2D eigenvalue weighted by atomic mass is 15.4. The van der Waals surface area contributed by atoms with Gasteiger partial charge in [0, 0.05) is 52.4 Å². The molecule has 5 heteroatoms. The molecule has 2 aliphatic heterocycles. The second kappa shape index (κ2) is 10.1. The summed E-state index contributed by atoms with van der Waals surface area (Å²) in [6.07, 6.45) is 8.36. The number of guanidine groups is 1. The van der Waals surface area contributed by atoms with E-state index in [1.165, 1.54) is 64.7 Å². The molecule has 27 heavy (non-hydrogen) atoms. The van der Waals surface area contributed by atoms with Crippen molar-refractivity contribution in [2.24, 2.45) is 22.7 Å². The molecule has 0 aromatic carbocycles. The van der Waals surface area contributed by atoms with E-state index in [-0.39, 0.29) is 0 Å². The van der Waals surface area contributed by atoms with Crippen LogP contribution in [0.3, 0.4) is 0 Å². The van der Waals surface area contributed by atoms with Crippen LogP contribution in [0.5, 0.6) is 0 Å². The summed E-state index contributed by atoms with van der Waals surface area (Å²) in [4.78, 5) is 12.3. The van der Waals surface area contributed by atoms with Gasteiger partial charge in [0.1, 0.15) is 0 Å². The minimum Gasteiger partial charge on any atom is -0.356 e. The number of likely N-dealkylation sites (tertiary alicyclic amines) is 1. The molecule has 0 aromatic rings. The fourth-order valence-corrected chi connectivity index (χ4v) is 5.44. The molecule has 1 unspecified atom stereocenters. The summed E-state index contributed by atoms with van der Waals surface area (Å²) >= 11 is 0. The third-order valence-electron chi connectivity index (χ3n) is 7.30. The molecule has 1 N–H and O–H groups in total. The first-order valence-corrected chi connectivity index (χ1v) is 11.4. The molecule has 5 nitrogen and oxygen atoms in total. The van der Waals surface area contributed by atoms with Crippen molar-refractivity contribution in [3.63, 3.8) is 0 Å². The van der Waals surface area contributed by atoms with Gasteiger partial charge in [0.25, 0.3) is 0 Å². The molecule has 1 aliphatic carbocycles. The van der Waals surface area contributed by atoms with Crippen LogP contribution >= 0.6 is 0 Å². The highest BCUT2D eigenvalue weighted by Gasteiger charge is 2.30. The summed E-state index contributed by atoms with van der Waals surface area (Å²) in [6, 6.07) is 0.829. The number of hydrogen-bond donors (Lipinski definition) is 1. The van der Waals surface area contributed by atoms with Crippen LogP contribution in [-0.4, -0.2) is 86.6 Å². The lowest BCUT2D eigenvalue weighted by molar-refractivity contribution is 0.0862. The zero-order valence-electron chi connectivity index (χ0n) is 18.3. The van der Waals surface area contributed by atoms with E-state index < -0.39 is 0 Å². The third-order valence-corrected chi connectivity index (χ3v) is 7.30. The lowest BCUT2D eigenvalue weighted by atomic mass is 9.79. The van der Waals surface area contributed by atoms with Crippen LogP contribution in [-0.2, 0) is 0 Å². The Morgan fingerprint density at radius 3 is 2.30 bits per heavy atom. The van der Waals surface area contributed by atoms with Gasteiger partial charge in [-0.25, -0.2) is 0 Å². The van der Waals surface area contributed by atoms with Gasteiger partial charge < -0.3 is 15.1 Å². The molecule has 3 aliphatic rings. The zero-order chi connectivity index (χ0) is 19.2. The summed E-state index contributed by atoms with van der Waals surface area (Å²) in [7, 11) is 4.18. The van der Waals surface area contributed by atoms with Crippen LogP contribution in [0, 0.1) is 17.8 Å². The van der Waals surface area contributed by atoms with Crippen molar-refractivity contribution in [3.05, 3.63) is 0 Å². The minimum atomic E-state index is 0.762. The third kappa shape index (κ3) is 5.83. The van der Waals surface area contributed by atoms with Crippen molar-refractivity contribution in [3.8, 4) is 0 Å². The largest absolute Gasteiger partial charge is 0.356 e. The molecule has 0 amide bonds. The molecule has 1 atom stereocenters. The summed E-state index contributed by atoms with van der Waals surface area (Å²) in [6.45, 7) is 13.0. The Kier molecular flexibility index (Phi) is 7.83. The van der Waals surface area contributed by atoms with Crippen molar-refractivity contribution in [1.29, 1.82) is 0 Å². The first-order chi connectivity index (χ1) is 13.1. The molecular weight excluding hydrogens is 334 g/mol. The quantitative estimate of drug-likeness (QED) is 0.603. The van der Waals surface area contributed by atoms with Crippen LogP contribution in [0.1, 0.15) is 52.4 Å². The number of hydrogen-bond acceptors (Lipinski definition) is 3. The molecular formula is C22H43N5. The first kappa shape index (κ1) is 20.9. The topological polar surface area (TPSA) is 34.1 Å². The number of piperazine rings is 1. The number of rotatable bonds is 4. The van der Waals surface area contributed by atoms with Gasteiger partial charge in [-0.1, -0.05) is 13.8 Å². The Morgan fingerprint density at radius 1 is 1.00 bits per heavy atom. The SMILES string of the molecule is CN=C(NCC1CCCN(C)C1)N1CCN(C2CCC(C(C)C)CC2)CC1. The normalized spacial score (nSPS) is 32.1. The smallest absolute Gasteiger partial charge is 0.193 e. The van der Waals surface area contributed by atoms with E-state index in [9.17, 15) is 0 Å². The van der Waals surface area contributed by atoms with Crippen molar-refractivity contribution >= 4 is 5.96 Å². The zero-order valence-corrected chi connectivity index (χ0v) is 18.3. The molecule has 2 saturated heterocycles. The second-order valence-corrected chi connectivity index (χ2v) is 9.53. The highest BCUT2D eigenvalue weighted by molar-refractivity contribution is 5.80. The molecule has 0 bridgehead atoms. The highest BCUT2D eigenvalue weighted by Crippen LogP contribution is 2.32. The van der Waals surface area contributed by atoms with E-state index in [1.54, 1.807) is 0 Å². The number of piperidine rings is 1.